The van der Waals surface area contributed by atoms with Crippen molar-refractivity contribution in [2.45, 2.75) is 19.9 Å². The molecule has 0 aliphatic carbocycles. The minimum atomic E-state index is -0.178. The molecule has 3 aromatic rings. The molecular weight excluding hydrogens is 318 g/mol. The second-order valence-electron chi connectivity index (χ2n) is 5.59. The van der Waals surface area contributed by atoms with Gasteiger partial charge in [0.2, 0.25) is 5.91 Å². The zero-order valence-electron chi connectivity index (χ0n) is 13.7. The van der Waals surface area contributed by atoms with E-state index in [9.17, 15) is 9.59 Å². The number of amides is 1. The average molecular weight is 335 g/mol. The Morgan fingerprint density at radius 1 is 1.04 bits per heavy atom. The van der Waals surface area contributed by atoms with Crippen molar-refractivity contribution in [3.8, 4) is 11.5 Å². The van der Waals surface area contributed by atoms with Crippen LogP contribution in [0.2, 0.25) is 0 Å². The second-order valence-corrected chi connectivity index (χ2v) is 5.59. The van der Waals surface area contributed by atoms with Gasteiger partial charge >= 0.3 is 0 Å². The molecule has 6 heteroatoms. The SMILES string of the molecule is CC(=O)c1ccc(-c2nc(CC(=O)NCc3ccccc3)no2)cc1. The molecule has 6 nitrogen and oxygen atoms in total. The quantitative estimate of drug-likeness (QED) is 0.700. The second kappa shape index (κ2) is 7.53. The van der Waals surface area contributed by atoms with Crippen molar-refractivity contribution in [2.24, 2.45) is 0 Å². The summed E-state index contributed by atoms with van der Waals surface area (Å²) >= 11 is 0. The Balaban J connectivity index is 1.59. The van der Waals surface area contributed by atoms with Gasteiger partial charge in [0.25, 0.3) is 5.89 Å². The van der Waals surface area contributed by atoms with E-state index in [4.69, 9.17) is 4.52 Å². The molecule has 0 saturated heterocycles. The lowest BCUT2D eigenvalue weighted by Gasteiger charge is -2.03. The fourth-order valence-corrected chi connectivity index (χ4v) is 2.29. The van der Waals surface area contributed by atoms with Gasteiger partial charge in [-0.1, -0.05) is 47.6 Å². The maximum atomic E-state index is 12.0. The van der Waals surface area contributed by atoms with Crippen LogP contribution in [0.1, 0.15) is 28.7 Å². The molecule has 1 amide bonds. The van der Waals surface area contributed by atoms with Crippen LogP contribution in [0.5, 0.6) is 0 Å². The van der Waals surface area contributed by atoms with Gasteiger partial charge in [0, 0.05) is 17.7 Å². The van der Waals surface area contributed by atoms with Gasteiger partial charge in [-0.25, -0.2) is 0 Å². The van der Waals surface area contributed by atoms with Crippen molar-refractivity contribution in [1.82, 2.24) is 15.5 Å². The summed E-state index contributed by atoms with van der Waals surface area (Å²) < 4.78 is 5.19. The molecule has 1 heterocycles. The highest BCUT2D eigenvalue weighted by atomic mass is 16.5. The van der Waals surface area contributed by atoms with E-state index in [1.165, 1.54) is 6.92 Å². The number of carbonyl (C=O) groups excluding carboxylic acids is 2. The van der Waals surface area contributed by atoms with Crippen LogP contribution in [0.3, 0.4) is 0 Å². The molecule has 0 spiro atoms. The van der Waals surface area contributed by atoms with E-state index >= 15 is 0 Å². The van der Waals surface area contributed by atoms with Gasteiger partial charge in [0.05, 0.1) is 6.42 Å². The summed E-state index contributed by atoms with van der Waals surface area (Å²) in [5.74, 6) is 0.452. The van der Waals surface area contributed by atoms with Crippen molar-refractivity contribution in [1.29, 1.82) is 0 Å². The van der Waals surface area contributed by atoms with Crippen LogP contribution in [0, 0.1) is 0 Å². The predicted molar refractivity (Wildman–Crippen MR) is 91.7 cm³/mol. The van der Waals surface area contributed by atoms with Crippen molar-refractivity contribution in [2.75, 3.05) is 0 Å². The summed E-state index contributed by atoms with van der Waals surface area (Å²) in [6.07, 6.45) is 0.0435. The van der Waals surface area contributed by atoms with E-state index in [1.807, 2.05) is 30.3 Å². The molecule has 0 unspecified atom stereocenters. The summed E-state index contributed by atoms with van der Waals surface area (Å²) in [4.78, 5) is 27.5. The number of hydrogen-bond acceptors (Lipinski definition) is 5. The molecule has 0 saturated carbocycles. The maximum Gasteiger partial charge on any atom is 0.257 e. The van der Waals surface area contributed by atoms with Gasteiger partial charge in [-0.3, -0.25) is 9.59 Å². The van der Waals surface area contributed by atoms with Crippen LogP contribution >= 0.6 is 0 Å². The summed E-state index contributed by atoms with van der Waals surface area (Å²) in [6.45, 7) is 1.96. The lowest BCUT2D eigenvalue weighted by molar-refractivity contribution is -0.120. The van der Waals surface area contributed by atoms with E-state index in [0.717, 1.165) is 5.56 Å². The molecule has 25 heavy (non-hydrogen) atoms. The smallest absolute Gasteiger partial charge is 0.257 e. The average Bonchev–Trinajstić information content (AvgIpc) is 3.09. The molecule has 0 aliphatic rings. The van der Waals surface area contributed by atoms with E-state index in [2.05, 4.69) is 15.5 Å². The Labute approximate surface area is 144 Å². The highest BCUT2D eigenvalue weighted by Crippen LogP contribution is 2.18. The predicted octanol–water partition coefficient (Wildman–Crippen LogP) is 2.80. The first-order valence-electron chi connectivity index (χ1n) is 7.86. The minimum Gasteiger partial charge on any atom is -0.352 e. The first kappa shape index (κ1) is 16.6. The van der Waals surface area contributed by atoms with Gasteiger partial charge in [0.15, 0.2) is 11.6 Å². The lowest BCUT2D eigenvalue weighted by atomic mass is 10.1. The minimum absolute atomic E-state index is 0.00662. The number of carbonyl (C=O) groups is 2. The number of rotatable bonds is 6. The highest BCUT2D eigenvalue weighted by molar-refractivity contribution is 5.94. The molecule has 1 N–H and O–H groups in total. The van der Waals surface area contributed by atoms with Crippen LogP contribution < -0.4 is 5.32 Å². The summed E-state index contributed by atoms with van der Waals surface area (Å²) in [5, 5.41) is 6.65. The molecule has 0 fully saturated rings. The third-order valence-corrected chi connectivity index (χ3v) is 3.66. The van der Waals surface area contributed by atoms with Gasteiger partial charge in [-0.15, -0.1) is 0 Å². The van der Waals surface area contributed by atoms with E-state index in [-0.39, 0.29) is 18.1 Å². The monoisotopic (exact) mass is 335 g/mol. The highest BCUT2D eigenvalue weighted by Gasteiger charge is 2.12. The maximum absolute atomic E-state index is 12.0. The standard InChI is InChI=1S/C19H17N3O3/c1-13(23)15-7-9-16(10-8-15)19-21-17(22-25-19)11-18(24)20-12-14-5-3-2-4-6-14/h2-10H,11-12H2,1H3,(H,20,24). The van der Waals surface area contributed by atoms with Crippen molar-refractivity contribution >= 4 is 11.7 Å². The third-order valence-electron chi connectivity index (χ3n) is 3.66. The molecular formula is C19H17N3O3. The topological polar surface area (TPSA) is 85.1 Å². The van der Waals surface area contributed by atoms with Gasteiger partial charge in [-0.05, 0) is 24.6 Å². The molecule has 2 aromatic carbocycles. The number of Topliss-reactive ketones (excluding diaryl/α,β-unsaturated/α-hetero) is 1. The van der Waals surface area contributed by atoms with Gasteiger partial charge in [0.1, 0.15) is 0 Å². The largest absolute Gasteiger partial charge is 0.352 e. The Morgan fingerprint density at radius 2 is 1.76 bits per heavy atom. The zero-order chi connectivity index (χ0) is 17.6. The normalized spacial score (nSPS) is 10.4. The Bertz CT molecular complexity index is 870. The van der Waals surface area contributed by atoms with Crippen LogP contribution in [0.4, 0.5) is 0 Å². The van der Waals surface area contributed by atoms with Gasteiger partial charge < -0.3 is 9.84 Å². The molecule has 0 radical (unpaired) electrons. The number of benzene rings is 2. The van der Waals surface area contributed by atoms with E-state index in [0.29, 0.717) is 29.4 Å². The first-order valence-corrected chi connectivity index (χ1v) is 7.86. The summed E-state index contributed by atoms with van der Waals surface area (Å²) in [7, 11) is 0. The lowest BCUT2D eigenvalue weighted by Crippen LogP contribution is -2.24. The summed E-state index contributed by atoms with van der Waals surface area (Å²) in [5.41, 5.74) is 2.34. The van der Waals surface area contributed by atoms with E-state index < -0.39 is 0 Å². The Kier molecular flexibility index (Phi) is 4.99. The number of hydrogen-bond donors (Lipinski definition) is 1. The van der Waals surface area contributed by atoms with Crippen molar-refractivity contribution < 1.29 is 14.1 Å². The van der Waals surface area contributed by atoms with Crippen LogP contribution in [-0.4, -0.2) is 21.8 Å². The van der Waals surface area contributed by atoms with E-state index in [1.54, 1.807) is 24.3 Å². The molecule has 126 valence electrons. The molecule has 0 atom stereocenters. The van der Waals surface area contributed by atoms with Gasteiger partial charge in [-0.2, -0.15) is 4.98 Å². The number of aromatic nitrogens is 2. The molecule has 1 aromatic heterocycles. The Morgan fingerprint density at radius 3 is 2.44 bits per heavy atom. The Hall–Kier alpha value is -3.28. The molecule has 3 rings (SSSR count). The van der Waals surface area contributed by atoms with Crippen molar-refractivity contribution in [3.05, 3.63) is 71.5 Å². The fraction of sp³-hybridized carbons (Fsp3) is 0.158. The molecule has 0 bridgehead atoms. The number of ketones is 1. The number of nitrogens with one attached hydrogen (secondary N) is 1. The molecule has 0 aliphatic heterocycles. The third kappa shape index (κ3) is 4.38. The first-order chi connectivity index (χ1) is 12.1. The number of nitrogens with zero attached hydrogens (tertiary/aromatic N) is 2. The van der Waals surface area contributed by atoms with Crippen LogP contribution in [0.25, 0.3) is 11.5 Å². The van der Waals surface area contributed by atoms with Crippen LogP contribution in [0.15, 0.2) is 59.1 Å². The zero-order valence-corrected chi connectivity index (χ0v) is 13.7. The van der Waals surface area contributed by atoms with Crippen molar-refractivity contribution in [3.63, 3.8) is 0 Å². The fourth-order valence-electron chi connectivity index (χ4n) is 2.29. The summed E-state index contributed by atoms with van der Waals surface area (Å²) in [6, 6.07) is 16.5. The van der Waals surface area contributed by atoms with Crippen LogP contribution in [-0.2, 0) is 17.8 Å².